The molecule has 29 heavy (non-hydrogen) atoms. The molecule has 152 valence electrons. The molecule has 0 unspecified atom stereocenters. The van der Waals surface area contributed by atoms with E-state index >= 15 is 0 Å². The van der Waals surface area contributed by atoms with Gasteiger partial charge in [0.1, 0.15) is 11.5 Å². The van der Waals surface area contributed by atoms with E-state index in [0.717, 1.165) is 35.2 Å². The fraction of sp³-hybridized carbons (Fsp3) is 0.333. The summed E-state index contributed by atoms with van der Waals surface area (Å²) in [6, 6.07) is 14.1. The summed E-state index contributed by atoms with van der Waals surface area (Å²) in [6.07, 6.45) is 1.79. The second kappa shape index (κ2) is 9.03. The molecule has 1 heterocycles. The topological polar surface area (TPSA) is 38.1 Å². The molecular weight excluding hydrogens is 365 g/mol. The Hall–Kier alpha value is -2.95. The van der Waals surface area contributed by atoms with Crippen LogP contribution in [0.5, 0.6) is 0 Å². The summed E-state index contributed by atoms with van der Waals surface area (Å²) < 4.78 is 15.1. The Balaban J connectivity index is 2.14. The fourth-order valence-electron chi connectivity index (χ4n) is 3.54. The average Bonchev–Trinajstić information content (AvgIpc) is 3.13. The number of carbonyl (C=O) groups excluding carboxylic acids is 1. The first-order valence-corrected chi connectivity index (χ1v) is 10.2. The van der Waals surface area contributed by atoms with Crippen molar-refractivity contribution in [3.8, 4) is 16.9 Å². The quantitative estimate of drug-likeness (QED) is 0.527. The number of halogens is 1. The first kappa shape index (κ1) is 20.8. The minimum Gasteiger partial charge on any atom is -0.337 e. The van der Waals surface area contributed by atoms with Gasteiger partial charge in [-0.2, -0.15) is 5.10 Å². The maximum atomic E-state index is 13.4. The van der Waals surface area contributed by atoms with Gasteiger partial charge in [-0.25, -0.2) is 9.07 Å². The van der Waals surface area contributed by atoms with Gasteiger partial charge in [0, 0.05) is 18.7 Å². The van der Waals surface area contributed by atoms with Crippen molar-refractivity contribution in [3.05, 3.63) is 71.2 Å². The number of rotatable bonds is 7. The summed E-state index contributed by atoms with van der Waals surface area (Å²) in [5.74, 6) is -0.328. The lowest BCUT2D eigenvalue weighted by Gasteiger charge is -2.22. The third kappa shape index (κ3) is 4.56. The molecule has 1 amide bonds. The second-order valence-corrected chi connectivity index (χ2v) is 7.42. The third-order valence-electron chi connectivity index (χ3n) is 4.92. The van der Waals surface area contributed by atoms with Gasteiger partial charge in [0.15, 0.2) is 0 Å². The van der Waals surface area contributed by atoms with E-state index < -0.39 is 0 Å². The minimum absolute atomic E-state index is 0.0328. The highest BCUT2D eigenvalue weighted by atomic mass is 19.1. The predicted octanol–water partition coefficient (Wildman–Crippen LogP) is 5.56. The number of nitrogens with zero attached hydrogens (tertiary/aromatic N) is 3. The van der Waals surface area contributed by atoms with Crippen LogP contribution in [0.2, 0.25) is 0 Å². The van der Waals surface area contributed by atoms with Gasteiger partial charge in [0.2, 0.25) is 0 Å². The lowest BCUT2D eigenvalue weighted by atomic mass is 10.1. The smallest absolute Gasteiger partial charge is 0.272 e. The Morgan fingerprint density at radius 2 is 1.66 bits per heavy atom. The Morgan fingerprint density at radius 3 is 2.24 bits per heavy atom. The molecule has 0 bridgehead atoms. The molecule has 3 aromatic rings. The zero-order chi connectivity index (χ0) is 21.0. The van der Waals surface area contributed by atoms with Crippen molar-refractivity contribution >= 4 is 5.91 Å². The van der Waals surface area contributed by atoms with Gasteiger partial charge in [-0.05, 0) is 68.7 Å². The third-order valence-corrected chi connectivity index (χ3v) is 4.92. The van der Waals surface area contributed by atoms with E-state index in [1.807, 2.05) is 36.9 Å². The van der Waals surface area contributed by atoms with Gasteiger partial charge in [-0.1, -0.05) is 31.5 Å². The molecule has 4 nitrogen and oxygen atoms in total. The molecule has 0 saturated carbocycles. The number of benzene rings is 2. The standard InChI is InChI=1S/C24H28FN3O/c1-5-13-27(14-6-2)24(29)23-16-21(19-8-10-20(25)11-9-19)26-28(23)22-12-7-17(3)15-18(22)4/h7-12,15-16H,5-6,13-14H2,1-4H3. The van der Waals surface area contributed by atoms with Gasteiger partial charge in [-0.3, -0.25) is 4.79 Å². The van der Waals surface area contributed by atoms with Crippen LogP contribution >= 0.6 is 0 Å². The van der Waals surface area contributed by atoms with Crippen molar-refractivity contribution in [2.24, 2.45) is 0 Å². The van der Waals surface area contributed by atoms with E-state index in [4.69, 9.17) is 5.10 Å². The highest BCUT2D eigenvalue weighted by Crippen LogP contribution is 2.25. The Kier molecular flexibility index (Phi) is 6.47. The van der Waals surface area contributed by atoms with E-state index in [2.05, 4.69) is 19.9 Å². The summed E-state index contributed by atoms with van der Waals surface area (Å²) in [7, 11) is 0. The zero-order valence-electron chi connectivity index (χ0n) is 17.6. The normalized spacial score (nSPS) is 10.9. The van der Waals surface area contributed by atoms with E-state index in [1.165, 1.54) is 12.1 Å². The fourth-order valence-corrected chi connectivity index (χ4v) is 3.54. The van der Waals surface area contributed by atoms with Crippen molar-refractivity contribution in [2.75, 3.05) is 13.1 Å². The van der Waals surface area contributed by atoms with Gasteiger partial charge in [0.25, 0.3) is 5.91 Å². The minimum atomic E-state index is -0.295. The number of hydrogen-bond donors (Lipinski definition) is 0. The van der Waals surface area contributed by atoms with E-state index in [9.17, 15) is 9.18 Å². The van der Waals surface area contributed by atoms with E-state index in [1.54, 1.807) is 16.8 Å². The molecule has 0 spiro atoms. The van der Waals surface area contributed by atoms with E-state index in [-0.39, 0.29) is 11.7 Å². The van der Waals surface area contributed by atoms with Crippen LogP contribution in [0.1, 0.15) is 48.3 Å². The predicted molar refractivity (Wildman–Crippen MR) is 115 cm³/mol. The number of aromatic nitrogens is 2. The molecule has 5 heteroatoms. The SMILES string of the molecule is CCCN(CCC)C(=O)c1cc(-c2ccc(F)cc2)nn1-c1ccc(C)cc1C. The van der Waals surface area contributed by atoms with Crippen molar-refractivity contribution in [1.82, 2.24) is 14.7 Å². The summed E-state index contributed by atoms with van der Waals surface area (Å²) in [5.41, 5.74) is 5.04. The van der Waals surface area contributed by atoms with Crippen LogP contribution in [-0.2, 0) is 0 Å². The average molecular weight is 394 g/mol. The molecule has 2 aromatic carbocycles. The highest BCUT2D eigenvalue weighted by molar-refractivity contribution is 5.94. The first-order chi connectivity index (χ1) is 13.9. The molecule has 3 rings (SSSR count). The molecular formula is C24H28FN3O. The largest absolute Gasteiger partial charge is 0.337 e. The maximum absolute atomic E-state index is 13.4. The Labute approximate surface area is 172 Å². The molecule has 0 aliphatic heterocycles. The molecule has 0 fully saturated rings. The van der Waals surface area contributed by atoms with Crippen LogP contribution in [0, 0.1) is 19.7 Å². The molecule has 0 N–H and O–H groups in total. The molecule has 0 atom stereocenters. The van der Waals surface area contributed by atoms with Crippen LogP contribution in [0.15, 0.2) is 48.5 Å². The van der Waals surface area contributed by atoms with Crippen molar-refractivity contribution in [2.45, 2.75) is 40.5 Å². The van der Waals surface area contributed by atoms with E-state index in [0.29, 0.717) is 24.5 Å². The maximum Gasteiger partial charge on any atom is 0.272 e. The summed E-state index contributed by atoms with van der Waals surface area (Å²) in [4.78, 5) is 15.3. The van der Waals surface area contributed by atoms with Crippen LogP contribution in [0.4, 0.5) is 4.39 Å². The lowest BCUT2D eigenvalue weighted by Crippen LogP contribution is -2.34. The van der Waals surface area contributed by atoms with Crippen molar-refractivity contribution in [3.63, 3.8) is 0 Å². The van der Waals surface area contributed by atoms with Crippen molar-refractivity contribution in [1.29, 1.82) is 0 Å². The Bertz CT molecular complexity index is 986. The number of carbonyl (C=O) groups is 1. The summed E-state index contributed by atoms with van der Waals surface area (Å²) in [6.45, 7) is 9.61. The molecule has 0 radical (unpaired) electrons. The summed E-state index contributed by atoms with van der Waals surface area (Å²) >= 11 is 0. The number of hydrogen-bond acceptors (Lipinski definition) is 2. The molecule has 0 aliphatic carbocycles. The lowest BCUT2D eigenvalue weighted by molar-refractivity contribution is 0.0746. The second-order valence-electron chi connectivity index (χ2n) is 7.42. The van der Waals surface area contributed by atoms with Gasteiger partial charge in [0.05, 0.1) is 11.4 Å². The molecule has 0 aliphatic rings. The van der Waals surface area contributed by atoms with Crippen LogP contribution in [0.25, 0.3) is 16.9 Å². The Morgan fingerprint density at radius 1 is 1.00 bits per heavy atom. The van der Waals surface area contributed by atoms with Gasteiger partial charge >= 0.3 is 0 Å². The summed E-state index contributed by atoms with van der Waals surface area (Å²) in [5, 5.41) is 4.74. The number of aryl methyl sites for hydroxylation is 2. The van der Waals surface area contributed by atoms with Gasteiger partial charge in [-0.15, -0.1) is 0 Å². The van der Waals surface area contributed by atoms with Crippen LogP contribution in [-0.4, -0.2) is 33.7 Å². The zero-order valence-corrected chi connectivity index (χ0v) is 17.6. The first-order valence-electron chi connectivity index (χ1n) is 10.2. The molecule has 1 aromatic heterocycles. The monoisotopic (exact) mass is 393 g/mol. The van der Waals surface area contributed by atoms with Crippen LogP contribution < -0.4 is 0 Å². The van der Waals surface area contributed by atoms with Crippen LogP contribution in [0.3, 0.4) is 0 Å². The molecule has 0 saturated heterocycles. The van der Waals surface area contributed by atoms with Crippen molar-refractivity contribution < 1.29 is 9.18 Å². The highest BCUT2D eigenvalue weighted by Gasteiger charge is 2.23. The van der Waals surface area contributed by atoms with Gasteiger partial charge < -0.3 is 4.90 Å². The number of amides is 1.